The van der Waals surface area contributed by atoms with Gasteiger partial charge in [-0.1, -0.05) is 6.07 Å². The molecule has 2 rings (SSSR count). The van der Waals surface area contributed by atoms with Gasteiger partial charge in [0.1, 0.15) is 5.75 Å². The number of pyridine rings is 1. The quantitative estimate of drug-likeness (QED) is 0.774. The third-order valence-electron chi connectivity index (χ3n) is 2.63. The molecule has 18 heavy (non-hydrogen) atoms. The highest BCUT2D eigenvalue weighted by molar-refractivity contribution is 5.83. The van der Waals surface area contributed by atoms with Crippen LogP contribution in [0.3, 0.4) is 0 Å². The number of rotatable bonds is 4. The van der Waals surface area contributed by atoms with Crippen LogP contribution in [0.25, 0.3) is 11.1 Å². The molecule has 0 saturated heterocycles. The minimum Gasteiger partial charge on any atom is -0.496 e. The van der Waals surface area contributed by atoms with Gasteiger partial charge in [0, 0.05) is 12.3 Å². The zero-order chi connectivity index (χ0) is 13.0. The van der Waals surface area contributed by atoms with E-state index in [1.165, 1.54) is 7.11 Å². The molecule has 4 heteroatoms. The molecule has 0 aliphatic rings. The zero-order valence-electron chi connectivity index (χ0n) is 10.2. The first-order chi connectivity index (χ1) is 8.78. The van der Waals surface area contributed by atoms with Crippen LogP contribution < -0.4 is 9.47 Å². The Kier molecular flexibility index (Phi) is 3.57. The summed E-state index contributed by atoms with van der Waals surface area (Å²) >= 11 is 0. The normalized spacial score (nSPS) is 9.89. The number of aromatic nitrogens is 1. The summed E-state index contributed by atoms with van der Waals surface area (Å²) in [7, 11) is 3.11. The van der Waals surface area contributed by atoms with Gasteiger partial charge in [-0.05, 0) is 29.3 Å². The molecule has 92 valence electrons. The lowest BCUT2D eigenvalue weighted by Crippen LogP contribution is -1.92. The van der Waals surface area contributed by atoms with Gasteiger partial charge in [-0.2, -0.15) is 0 Å². The molecule has 0 aliphatic heterocycles. The second kappa shape index (κ2) is 5.31. The van der Waals surface area contributed by atoms with Crippen LogP contribution in [0.15, 0.2) is 36.5 Å². The second-order valence-corrected chi connectivity index (χ2v) is 3.66. The standard InChI is InChI=1S/C14H13NO3/c1-17-13-4-3-10(7-12(13)9-16)11-5-6-15-14(8-11)18-2/h3-9H,1-2H3. The number of benzene rings is 1. The van der Waals surface area contributed by atoms with E-state index in [4.69, 9.17) is 9.47 Å². The van der Waals surface area contributed by atoms with Crippen molar-refractivity contribution in [2.45, 2.75) is 0 Å². The summed E-state index contributed by atoms with van der Waals surface area (Å²) < 4.78 is 10.2. The third kappa shape index (κ3) is 2.32. The molecule has 1 heterocycles. The lowest BCUT2D eigenvalue weighted by Gasteiger charge is -2.07. The molecular weight excluding hydrogens is 230 g/mol. The van der Waals surface area contributed by atoms with Crippen LogP contribution >= 0.6 is 0 Å². The lowest BCUT2D eigenvalue weighted by molar-refractivity contribution is 0.112. The Morgan fingerprint density at radius 3 is 2.50 bits per heavy atom. The molecule has 2 aromatic rings. The largest absolute Gasteiger partial charge is 0.496 e. The maximum absolute atomic E-state index is 11.0. The monoisotopic (exact) mass is 243 g/mol. The highest BCUT2D eigenvalue weighted by atomic mass is 16.5. The van der Waals surface area contributed by atoms with Crippen molar-refractivity contribution in [3.05, 3.63) is 42.1 Å². The van der Waals surface area contributed by atoms with E-state index in [-0.39, 0.29) is 0 Å². The van der Waals surface area contributed by atoms with Gasteiger partial charge in [-0.15, -0.1) is 0 Å². The molecule has 0 bridgehead atoms. The second-order valence-electron chi connectivity index (χ2n) is 3.66. The summed E-state index contributed by atoms with van der Waals surface area (Å²) in [5, 5.41) is 0. The number of methoxy groups -OCH3 is 2. The minimum atomic E-state index is 0.519. The van der Waals surface area contributed by atoms with Gasteiger partial charge in [0.2, 0.25) is 5.88 Å². The van der Waals surface area contributed by atoms with E-state index in [0.29, 0.717) is 17.2 Å². The van der Waals surface area contributed by atoms with E-state index in [2.05, 4.69) is 4.98 Å². The number of nitrogens with zero attached hydrogens (tertiary/aromatic N) is 1. The first kappa shape index (κ1) is 12.1. The minimum absolute atomic E-state index is 0.519. The average molecular weight is 243 g/mol. The SMILES string of the molecule is COc1cc(-c2ccc(OC)c(C=O)c2)ccn1. The molecule has 0 N–H and O–H groups in total. The Morgan fingerprint density at radius 1 is 1.06 bits per heavy atom. The highest BCUT2D eigenvalue weighted by Crippen LogP contribution is 2.26. The summed E-state index contributed by atoms with van der Waals surface area (Å²) in [4.78, 5) is 15.0. The van der Waals surface area contributed by atoms with Gasteiger partial charge in [-0.3, -0.25) is 4.79 Å². The van der Waals surface area contributed by atoms with Crippen LogP contribution in [0.2, 0.25) is 0 Å². The van der Waals surface area contributed by atoms with Crippen LogP contribution in [0.1, 0.15) is 10.4 Å². The van der Waals surface area contributed by atoms with Gasteiger partial charge >= 0.3 is 0 Å². The smallest absolute Gasteiger partial charge is 0.213 e. The molecular formula is C14H13NO3. The van der Waals surface area contributed by atoms with Crippen LogP contribution in [-0.2, 0) is 0 Å². The van der Waals surface area contributed by atoms with E-state index in [9.17, 15) is 4.79 Å². The fourth-order valence-corrected chi connectivity index (χ4v) is 1.71. The van der Waals surface area contributed by atoms with E-state index in [1.54, 1.807) is 25.4 Å². The van der Waals surface area contributed by atoms with Crippen molar-refractivity contribution in [1.82, 2.24) is 4.98 Å². The van der Waals surface area contributed by atoms with Crippen LogP contribution in [-0.4, -0.2) is 25.5 Å². The molecule has 0 aliphatic carbocycles. The van der Waals surface area contributed by atoms with Crippen molar-refractivity contribution in [2.75, 3.05) is 14.2 Å². The molecule has 0 saturated carbocycles. The number of hydrogen-bond acceptors (Lipinski definition) is 4. The van der Waals surface area contributed by atoms with E-state index in [1.807, 2.05) is 18.2 Å². The van der Waals surface area contributed by atoms with E-state index in [0.717, 1.165) is 17.4 Å². The van der Waals surface area contributed by atoms with E-state index >= 15 is 0 Å². The average Bonchev–Trinajstić information content (AvgIpc) is 2.46. The predicted octanol–water partition coefficient (Wildman–Crippen LogP) is 2.58. The highest BCUT2D eigenvalue weighted by Gasteiger charge is 2.06. The molecule has 0 radical (unpaired) electrons. The summed E-state index contributed by atoms with van der Waals surface area (Å²) in [5.41, 5.74) is 2.37. The number of hydrogen-bond donors (Lipinski definition) is 0. The summed E-state index contributed by atoms with van der Waals surface area (Å²) in [6.07, 6.45) is 2.44. The first-order valence-electron chi connectivity index (χ1n) is 5.42. The number of carbonyl (C=O) groups is 1. The Hall–Kier alpha value is -2.36. The van der Waals surface area contributed by atoms with Crippen molar-refractivity contribution in [2.24, 2.45) is 0 Å². The van der Waals surface area contributed by atoms with Gasteiger partial charge in [0.15, 0.2) is 6.29 Å². The van der Waals surface area contributed by atoms with Crippen LogP contribution in [0, 0.1) is 0 Å². The lowest BCUT2D eigenvalue weighted by atomic mass is 10.0. The molecule has 0 unspecified atom stereocenters. The fraction of sp³-hybridized carbons (Fsp3) is 0.143. The molecule has 0 spiro atoms. The van der Waals surface area contributed by atoms with Gasteiger partial charge in [0.05, 0.1) is 19.8 Å². The number of ether oxygens (including phenoxy) is 2. The molecule has 1 aromatic carbocycles. The number of aldehydes is 1. The zero-order valence-corrected chi connectivity index (χ0v) is 10.2. The van der Waals surface area contributed by atoms with Crippen molar-refractivity contribution in [3.63, 3.8) is 0 Å². The summed E-state index contributed by atoms with van der Waals surface area (Å²) in [5.74, 6) is 1.10. The fourth-order valence-electron chi connectivity index (χ4n) is 1.71. The Balaban J connectivity index is 2.47. The summed E-state index contributed by atoms with van der Waals surface area (Å²) in [6.45, 7) is 0. The molecule has 0 atom stereocenters. The van der Waals surface area contributed by atoms with Gasteiger partial charge in [0.25, 0.3) is 0 Å². The topological polar surface area (TPSA) is 48.4 Å². The Labute approximate surface area is 105 Å². The Bertz CT molecular complexity index is 567. The van der Waals surface area contributed by atoms with Crippen molar-refractivity contribution < 1.29 is 14.3 Å². The summed E-state index contributed by atoms with van der Waals surface area (Å²) in [6, 6.07) is 9.11. The van der Waals surface area contributed by atoms with Crippen molar-refractivity contribution in [3.8, 4) is 22.8 Å². The molecule has 4 nitrogen and oxygen atoms in total. The maximum atomic E-state index is 11.0. The van der Waals surface area contributed by atoms with Crippen molar-refractivity contribution >= 4 is 6.29 Å². The molecule has 0 fully saturated rings. The van der Waals surface area contributed by atoms with E-state index < -0.39 is 0 Å². The number of carbonyl (C=O) groups excluding carboxylic acids is 1. The van der Waals surface area contributed by atoms with Gasteiger partial charge < -0.3 is 9.47 Å². The molecule has 0 amide bonds. The van der Waals surface area contributed by atoms with Gasteiger partial charge in [-0.25, -0.2) is 4.98 Å². The van der Waals surface area contributed by atoms with Crippen LogP contribution in [0.5, 0.6) is 11.6 Å². The first-order valence-corrected chi connectivity index (χ1v) is 5.42. The third-order valence-corrected chi connectivity index (χ3v) is 2.63. The van der Waals surface area contributed by atoms with Crippen LogP contribution in [0.4, 0.5) is 0 Å². The molecule has 1 aromatic heterocycles. The van der Waals surface area contributed by atoms with Crippen molar-refractivity contribution in [1.29, 1.82) is 0 Å². The predicted molar refractivity (Wildman–Crippen MR) is 68.2 cm³/mol. The Morgan fingerprint density at radius 2 is 1.83 bits per heavy atom. The maximum Gasteiger partial charge on any atom is 0.213 e.